The summed E-state index contributed by atoms with van der Waals surface area (Å²) < 4.78 is 16.9. The lowest BCUT2D eigenvalue weighted by molar-refractivity contribution is -0.163. The number of aliphatic hydroxyl groups excluding tert-OH is 1. The Morgan fingerprint density at radius 2 is 2.07 bits per heavy atom. The van der Waals surface area contributed by atoms with Crippen molar-refractivity contribution in [2.75, 3.05) is 20.3 Å². The summed E-state index contributed by atoms with van der Waals surface area (Å²) in [7, 11) is 1.58. The van der Waals surface area contributed by atoms with Crippen molar-refractivity contribution in [2.24, 2.45) is 0 Å². The molecule has 144 valence electrons. The van der Waals surface area contributed by atoms with Crippen molar-refractivity contribution in [3.8, 4) is 11.5 Å². The molecule has 0 amide bonds. The zero-order valence-electron chi connectivity index (χ0n) is 15.6. The third kappa shape index (κ3) is 4.40. The summed E-state index contributed by atoms with van der Waals surface area (Å²) in [5.74, 6) is 0.612. The number of aliphatic hydroxyl groups is 1. The summed E-state index contributed by atoms with van der Waals surface area (Å²) in [6.07, 6.45) is -0.981. The summed E-state index contributed by atoms with van der Waals surface area (Å²) in [6, 6.07) is 14.0. The molecule has 1 heterocycles. The standard InChI is InChI=1S/C21H25NO5/c1-3-11-22-17-13-26-18-10-9-15(25-2)12-16(18)20(17)27-21(24)19(23)14-7-5-4-6-8-14/h4-10,12,17,19-20,22-23H,3,11,13H2,1-2H3/t17-,19+,20-/m1/s1. The topological polar surface area (TPSA) is 77.0 Å². The van der Waals surface area contributed by atoms with E-state index in [0.717, 1.165) is 18.5 Å². The van der Waals surface area contributed by atoms with Gasteiger partial charge in [0.05, 0.1) is 13.2 Å². The third-order valence-electron chi connectivity index (χ3n) is 4.55. The van der Waals surface area contributed by atoms with Gasteiger partial charge in [-0.1, -0.05) is 37.3 Å². The van der Waals surface area contributed by atoms with Crippen LogP contribution in [-0.4, -0.2) is 37.4 Å². The predicted molar refractivity (Wildman–Crippen MR) is 101 cm³/mol. The number of fused-ring (bicyclic) bond motifs is 1. The van der Waals surface area contributed by atoms with Gasteiger partial charge in [0.15, 0.2) is 6.10 Å². The molecule has 0 aromatic heterocycles. The van der Waals surface area contributed by atoms with Crippen molar-refractivity contribution in [3.05, 3.63) is 59.7 Å². The first kappa shape index (κ1) is 19.2. The zero-order valence-corrected chi connectivity index (χ0v) is 15.6. The highest BCUT2D eigenvalue weighted by Gasteiger charge is 2.35. The molecule has 0 fully saturated rings. The Labute approximate surface area is 159 Å². The van der Waals surface area contributed by atoms with E-state index in [1.54, 1.807) is 43.5 Å². The Balaban J connectivity index is 1.85. The number of ether oxygens (including phenoxy) is 3. The zero-order chi connectivity index (χ0) is 19.2. The molecule has 6 heteroatoms. The first-order valence-electron chi connectivity index (χ1n) is 9.11. The number of esters is 1. The lowest BCUT2D eigenvalue weighted by Crippen LogP contribution is -2.45. The molecule has 2 N–H and O–H groups in total. The number of benzene rings is 2. The minimum absolute atomic E-state index is 0.212. The van der Waals surface area contributed by atoms with Crippen LogP contribution < -0.4 is 14.8 Å². The maximum atomic E-state index is 12.6. The summed E-state index contributed by atoms with van der Waals surface area (Å²) in [6.45, 7) is 3.20. The molecule has 0 saturated heterocycles. The maximum Gasteiger partial charge on any atom is 0.340 e. The summed E-state index contributed by atoms with van der Waals surface area (Å²) in [4.78, 5) is 12.6. The highest BCUT2D eigenvalue weighted by molar-refractivity contribution is 5.76. The fourth-order valence-electron chi connectivity index (χ4n) is 3.09. The Morgan fingerprint density at radius 3 is 2.78 bits per heavy atom. The fraction of sp³-hybridized carbons (Fsp3) is 0.381. The van der Waals surface area contributed by atoms with Crippen LogP contribution in [0.1, 0.15) is 36.7 Å². The molecular weight excluding hydrogens is 346 g/mol. The van der Waals surface area contributed by atoms with Crippen LogP contribution in [0.4, 0.5) is 0 Å². The van der Waals surface area contributed by atoms with Crippen molar-refractivity contribution >= 4 is 5.97 Å². The molecule has 2 aromatic carbocycles. The lowest BCUT2D eigenvalue weighted by Gasteiger charge is -2.34. The molecule has 2 aromatic rings. The molecule has 0 saturated carbocycles. The molecule has 27 heavy (non-hydrogen) atoms. The van der Waals surface area contributed by atoms with Gasteiger partial charge in [0.25, 0.3) is 0 Å². The van der Waals surface area contributed by atoms with Crippen LogP contribution in [0.2, 0.25) is 0 Å². The van der Waals surface area contributed by atoms with Gasteiger partial charge in [0.2, 0.25) is 0 Å². The van der Waals surface area contributed by atoms with Crippen molar-refractivity contribution in [1.29, 1.82) is 0 Å². The van der Waals surface area contributed by atoms with Crippen molar-refractivity contribution in [3.63, 3.8) is 0 Å². The summed E-state index contributed by atoms with van der Waals surface area (Å²) >= 11 is 0. The molecule has 1 aliphatic rings. The van der Waals surface area contributed by atoms with E-state index in [1.807, 2.05) is 12.1 Å². The molecule has 0 aliphatic carbocycles. The van der Waals surface area contributed by atoms with Gasteiger partial charge < -0.3 is 24.6 Å². The minimum Gasteiger partial charge on any atom is -0.497 e. The van der Waals surface area contributed by atoms with Crippen molar-refractivity contribution < 1.29 is 24.1 Å². The molecule has 1 aliphatic heterocycles. The molecule has 0 spiro atoms. The van der Waals surface area contributed by atoms with E-state index >= 15 is 0 Å². The van der Waals surface area contributed by atoms with Crippen LogP contribution in [0.25, 0.3) is 0 Å². The van der Waals surface area contributed by atoms with E-state index in [9.17, 15) is 9.90 Å². The largest absolute Gasteiger partial charge is 0.497 e. The summed E-state index contributed by atoms with van der Waals surface area (Å²) in [5.41, 5.74) is 1.22. The SMILES string of the molecule is CCCN[C@@H]1COc2ccc(OC)cc2[C@H]1OC(=O)[C@@H](O)c1ccccc1. The molecular formula is C21H25NO5. The summed E-state index contributed by atoms with van der Waals surface area (Å²) in [5, 5.41) is 13.7. The van der Waals surface area contributed by atoms with E-state index in [-0.39, 0.29) is 6.04 Å². The normalized spacial score (nSPS) is 19.5. The fourth-order valence-corrected chi connectivity index (χ4v) is 3.09. The highest BCUT2D eigenvalue weighted by atomic mass is 16.6. The lowest BCUT2D eigenvalue weighted by atomic mass is 9.98. The maximum absolute atomic E-state index is 12.6. The second kappa shape index (κ2) is 8.88. The van der Waals surface area contributed by atoms with Gasteiger partial charge in [-0.2, -0.15) is 0 Å². The van der Waals surface area contributed by atoms with E-state index in [0.29, 0.717) is 23.7 Å². The Morgan fingerprint density at radius 1 is 1.30 bits per heavy atom. The first-order valence-corrected chi connectivity index (χ1v) is 9.11. The first-order chi connectivity index (χ1) is 13.1. The predicted octanol–water partition coefficient (Wildman–Crippen LogP) is 2.77. The van der Waals surface area contributed by atoms with Crippen LogP contribution in [-0.2, 0) is 9.53 Å². The van der Waals surface area contributed by atoms with Gasteiger partial charge in [0, 0.05) is 5.56 Å². The number of nitrogens with one attached hydrogen (secondary N) is 1. The Hall–Kier alpha value is -2.57. The quantitative estimate of drug-likeness (QED) is 0.729. The van der Waals surface area contributed by atoms with Gasteiger partial charge in [-0.25, -0.2) is 4.79 Å². The number of carbonyl (C=O) groups excluding carboxylic acids is 1. The van der Waals surface area contributed by atoms with E-state index in [2.05, 4.69) is 12.2 Å². The van der Waals surface area contributed by atoms with Crippen LogP contribution in [0.5, 0.6) is 11.5 Å². The van der Waals surface area contributed by atoms with Gasteiger partial charge >= 0.3 is 5.97 Å². The Bertz CT molecular complexity index is 764. The number of hydrogen-bond acceptors (Lipinski definition) is 6. The van der Waals surface area contributed by atoms with E-state index in [4.69, 9.17) is 14.2 Å². The number of methoxy groups -OCH3 is 1. The van der Waals surface area contributed by atoms with Crippen LogP contribution in [0, 0.1) is 0 Å². The van der Waals surface area contributed by atoms with Crippen LogP contribution in [0.15, 0.2) is 48.5 Å². The molecule has 0 bridgehead atoms. The highest BCUT2D eigenvalue weighted by Crippen LogP contribution is 2.38. The van der Waals surface area contributed by atoms with Gasteiger partial charge in [-0.3, -0.25) is 0 Å². The average Bonchev–Trinajstić information content (AvgIpc) is 2.72. The van der Waals surface area contributed by atoms with E-state index in [1.165, 1.54) is 0 Å². The molecule has 3 rings (SSSR count). The molecule has 0 unspecified atom stereocenters. The van der Waals surface area contributed by atoms with Gasteiger partial charge in [0.1, 0.15) is 24.2 Å². The van der Waals surface area contributed by atoms with Crippen LogP contribution >= 0.6 is 0 Å². The van der Waals surface area contributed by atoms with Gasteiger partial charge in [-0.05, 0) is 36.7 Å². The monoisotopic (exact) mass is 371 g/mol. The number of rotatable bonds is 7. The second-order valence-corrected chi connectivity index (χ2v) is 6.45. The molecule has 0 radical (unpaired) electrons. The molecule has 6 nitrogen and oxygen atoms in total. The van der Waals surface area contributed by atoms with Crippen LogP contribution in [0.3, 0.4) is 0 Å². The van der Waals surface area contributed by atoms with Gasteiger partial charge in [-0.15, -0.1) is 0 Å². The number of hydrogen-bond donors (Lipinski definition) is 2. The van der Waals surface area contributed by atoms with Crippen molar-refractivity contribution in [2.45, 2.75) is 31.6 Å². The minimum atomic E-state index is -1.34. The number of carbonyl (C=O) groups is 1. The van der Waals surface area contributed by atoms with Crippen molar-refractivity contribution in [1.82, 2.24) is 5.32 Å². The third-order valence-corrected chi connectivity index (χ3v) is 4.55. The smallest absolute Gasteiger partial charge is 0.340 e. The van der Waals surface area contributed by atoms with E-state index < -0.39 is 18.2 Å². The second-order valence-electron chi connectivity index (χ2n) is 6.45. The Kier molecular flexibility index (Phi) is 6.32. The average molecular weight is 371 g/mol. The molecule has 3 atom stereocenters.